The maximum absolute atomic E-state index is 5.67. The van der Waals surface area contributed by atoms with Crippen molar-refractivity contribution in [2.24, 2.45) is 5.92 Å². The number of hydrogen-bond donors (Lipinski definition) is 2. The third-order valence-corrected chi connectivity index (χ3v) is 4.47. The molecule has 5 heteroatoms. The first-order chi connectivity index (χ1) is 7.81. The number of hydrogen-bond acceptors (Lipinski definition) is 5. The molecule has 4 heterocycles. The molecule has 0 spiro atoms. The van der Waals surface area contributed by atoms with E-state index in [9.17, 15) is 0 Å². The fourth-order valence-corrected chi connectivity index (χ4v) is 3.53. The van der Waals surface area contributed by atoms with Gasteiger partial charge in [0.2, 0.25) is 0 Å². The lowest BCUT2D eigenvalue weighted by Crippen LogP contribution is -2.42. The molecule has 3 N–H and O–H groups in total. The van der Waals surface area contributed by atoms with Crippen LogP contribution in [0.3, 0.4) is 0 Å². The molecule has 0 saturated carbocycles. The number of nitrogens with one attached hydrogen (secondary N) is 1. The lowest BCUT2D eigenvalue weighted by Gasteiger charge is -2.35. The number of thiazole rings is 1. The molecular formula is C11H18N4S. The number of piperidine rings is 1. The highest BCUT2D eigenvalue weighted by molar-refractivity contribution is 7.15. The summed E-state index contributed by atoms with van der Waals surface area (Å²) in [7, 11) is 0. The van der Waals surface area contributed by atoms with Crippen LogP contribution < -0.4 is 11.1 Å². The van der Waals surface area contributed by atoms with E-state index < -0.39 is 0 Å². The van der Waals surface area contributed by atoms with Crippen molar-refractivity contribution in [3.8, 4) is 0 Å². The Morgan fingerprint density at radius 3 is 3.25 bits per heavy atom. The molecule has 1 aromatic heterocycles. The van der Waals surface area contributed by atoms with Crippen molar-refractivity contribution in [2.45, 2.75) is 25.4 Å². The minimum Gasteiger partial charge on any atom is -0.375 e. The van der Waals surface area contributed by atoms with E-state index in [-0.39, 0.29) is 0 Å². The van der Waals surface area contributed by atoms with Crippen molar-refractivity contribution in [2.75, 3.05) is 25.4 Å². The zero-order valence-corrected chi connectivity index (χ0v) is 10.2. The smallest absolute Gasteiger partial charge is 0.180 e. The number of rotatable bonds is 2. The Morgan fingerprint density at radius 1 is 1.50 bits per heavy atom. The van der Waals surface area contributed by atoms with Crippen molar-refractivity contribution in [3.05, 3.63) is 11.1 Å². The van der Waals surface area contributed by atoms with Gasteiger partial charge in [0.25, 0.3) is 0 Å². The minimum absolute atomic E-state index is 0.688. The van der Waals surface area contributed by atoms with Gasteiger partial charge in [-0.25, -0.2) is 4.98 Å². The van der Waals surface area contributed by atoms with Gasteiger partial charge in [-0.05, 0) is 25.3 Å². The summed E-state index contributed by atoms with van der Waals surface area (Å²) in [5, 5.41) is 4.24. The summed E-state index contributed by atoms with van der Waals surface area (Å²) in [6.45, 7) is 4.59. The quantitative estimate of drug-likeness (QED) is 0.804. The maximum Gasteiger partial charge on any atom is 0.180 e. The SMILES string of the molecule is Nc1ncc(CN2C[C@@H]3CC[C@H]2CNC3)s1. The molecule has 0 aromatic carbocycles. The third kappa shape index (κ3) is 2.07. The van der Waals surface area contributed by atoms with Gasteiger partial charge in [0.05, 0.1) is 0 Å². The molecule has 0 radical (unpaired) electrons. The van der Waals surface area contributed by atoms with Gasteiger partial charge < -0.3 is 11.1 Å². The summed E-state index contributed by atoms with van der Waals surface area (Å²) >= 11 is 1.62. The Balaban J connectivity index is 1.70. The molecule has 4 rings (SSSR count). The Morgan fingerprint density at radius 2 is 2.44 bits per heavy atom. The van der Waals surface area contributed by atoms with Crippen LogP contribution in [0, 0.1) is 5.92 Å². The molecule has 0 unspecified atom stereocenters. The van der Waals surface area contributed by atoms with Gasteiger partial charge in [0.1, 0.15) is 0 Å². The van der Waals surface area contributed by atoms with E-state index in [2.05, 4.69) is 15.2 Å². The van der Waals surface area contributed by atoms with Gasteiger partial charge in [0.15, 0.2) is 5.13 Å². The van der Waals surface area contributed by atoms with Crippen molar-refractivity contribution in [1.82, 2.24) is 15.2 Å². The Labute approximate surface area is 99.8 Å². The number of anilines is 1. The van der Waals surface area contributed by atoms with Crippen molar-refractivity contribution >= 4 is 16.5 Å². The van der Waals surface area contributed by atoms with Crippen molar-refractivity contribution in [3.63, 3.8) is 0 Å². The Bertz CT molecular complexity index is 361. The van der Waals surface area contributed by atoms with Crippen LogP contribution in [-0.2, 0) is 6.54 Å². The van der Waals surface area contributed by atoms with Gasteiger partial charge in [0, 0.05) is 36.8 Å². The highest BCUT2D eigenvalue weighted by Crippen LogP contribution is 2.27. The van der Waals surface area contributed by atoms with E-state index >= 15 is 0 Å². The van der Waals surface area contributed by atoms with E-state index in [1.807, 2.05) is 6.20 Å². The molecule has 88 valence electrons. The zero-order chi connectivity index (χ0) is 11.0. The minimum atomic E-state index is 0.688. The average Bonchev–Trinajstić information content (AvgIpc) is 2.52. The molecule has 3 saturated heterocycles. The maximum atomic E-state index is 5.67. The largest absolute Gasteiger partial charge is 0.375 e. The fraction of sp³-hybridized carbons (Fsp3) is 0.727. The lowest BCUT2D eigenvalue weighted by molar-refractivity contribution is 0.127. The monoisotopic (exact) mass is 238 g/mol. The zero-order valence-electron chi connectivity index (χ0n) is 9.35. The second kappa shape index (κ2) is 4.31. The van der Waals surface area contributed by atoms with E-state index in [0.29, 0.717) is 11.2 Å². The molecular weight excluding hydrogens is 220 g/mol. The fourth-order valence-electron chi connectivity index (χ4n) is 2.82. The molecule has 2 atom stereocenters. The number of nitrogens with two attached hydrogens (primary N) is 1. The van der Waals surface area contributed by atoms with Crippen molar-refractivity contribution in [1.29, 1.82) is 0 Å². The highest BCUT2D eigenvalue weighted by atomic mass is 32.1. The van der Waals surface area contributed by atoms with Gasteiger partial charge in [-0.2, -0.15) is 0 Å². The normalized spacial score (nSPS) is 30.5. The third-order valence-electron chi connectivity index (χ3n) is 3.66. The summed E-state index contributed by atoms with van der Waals surface area (Å²) in [6.07, 6.45) is 4.65. The predicted molar refractivity (Wildman–Crippen MR) is 66.3 cm³/mol. The molecule has 16 heavy (non-hydrogen) atoms. The molecule has 4 nitrogen and oxygen atoms in total. The van der Waals surface area contributed by atoms with Gasteiger partial charge >= 0.3 is 0 Å². The van der Waals surface area contributed by atoms with E-state index in [4.69, 9.17) is 5.73 Å². The van der Waals surface area contributed by atoms with E-state index in [0.717, 1.165) is 19.0 Å². The van der Waals surface area contributed by atoms with Crippen molar-refractivity contribution < 1.29 is 0 Å². The summed E-state index contributed by atoms with van der Waals surface area (Å²) in [5.74, 6) is 0.837. The number of fused-ring (bicyclic) bond motifs is 4. The summed E-state index contributed by atoms with van der Waals surface area (Å²) in [6, 6.07) is 0.710. The second-order valence-corrected chi connectivity index (χ2v) is 6.00. The number of aromatic nitrogens is 1. The van der Waals surface area contributed by atoms with Gasteiger partial charge in [-0.1, -0.05) is 0 Å². The first kappa shape index (κ1) is 10.5. The molecule has 1 aromatic rings. The van der Waals surface area contributed by atoms with E-state index in [1.54, 1.807) is 11.3 Å². The Hall–Kier alpha value is -0.650. The number of nitrogen functional groups attached to an aromatic ring is 1. The molecule has 2 bridgehead atoms. The van der Waals surface area contributed by atoms with Gasteiger partial charge in [-0.3, -0.25) is 4.90 Å². The molecule has 0 aliphatic carbocycles. The average molecular weight is 238 g/mol. The summed E-state index contributed by atoms with van der Waals surface area (Å²) in [5.41, 5.74) is 5.67. The molecule has 3 aliphatic heterocycles. The van der Waals surface area contributed by atoms with Crippen LogP contribution in [0.2, 0.25) is 0 Å². The highest BCUT2D eigenvalue weighted by Gasteiger charge is 2.31. The van der Waals surface area contributed by atoms with E-state index in [1.165, 1.54) is 30.8 Å². The first-order valence-electron chi connectivity index (χ1n) is 5.96. The van der Waals surface area contributed by atoms with Crippen LogP contribution in [0.25, 0.3) is 0 Å². The van der Waals surface area contributed by atoms with Crippen LogP contribution in [0.5, 0.6) is 0 Å². The van der Waals surface area contributed by atoms with Crippen LogP contribution in [0.1, 0.15) is 17.7 Å². The summed E-state index contributed by atoms with van der Waals surface area (Å²) in [4.78, 5) is 8.02. The van der Waals surface area contributed by atoms with Gasteiger partial charge in [-0.15, -0.1) is 11.3 Å². The van der Waals surface area contributed by atoms with Crippen LogP contribution in [0.15, 0.2) is 6.20 Å². The summed E-state index contributed by atoms with van der Waals surface area (Å²) < 4.78 is 0. The lowest BCUT2D eigenvalue weighted by atomic mass is 9.95. The number of nitrogens with zero attached hydrogens (tertiary/aromatic N) is 2. The van der Waals surface area contributed by atoms with Crippen LogP contribution in [-0.4, -0.2) is 35.6 Å². The Kier molecular flexibility index (Phi) is 2.83. The first-order valence-corrected chi connectivity index (χ1v) is 6.78. The molecule has 0 amide bonds. The molecule has 3 aliphatic rings. The second-order valence-electron chi connectivity index (χ2n) is 4.85. The van der Waals surface area contributed by atoms with Crippen LogP contribution in [0.4, 0.5) is 5.13 Å². The van der Waals surface area contributed by atoms with Crippen LogP contribution >= 0.6 is 11.3 Å². The molecule has 3 fully saturated rings. The predicted octanol–water partition coefficient (Wildman–Crippen LogP) is 0.909. The standard InChI is InChI=1S/C11H18N4S/c12-11-14-5-10(16-11)7-15-6-8-1-2-9(15)4-13-3-8/h5,8-9,13H,1-4,6-7H2,(H2,12,14)/t8-,9+/m1/s1. The topological polar surface area (TPSA) is 54.2 Å².